The Morgan fingerprint density at radius 1 is 1.17 bits per heavy atom. The Morgan fingerprint density at radius 3 is 2.79 bits per heavy atom. The second-order valence-electron chi connectivity index (χ2n) is 7.23. The summed E-state index contributed by atoms with van der Waals surface area (Å²) in [4.78, 5) is 15.3. The van der Waals surface area contributed by atoms with Crippen molar-refractivity contribution in [3.8, 4) is 11.4 Å². The van der Waals surface area contributed by atoms with E-state index in [4.69, 9.17) is 4.74 Å². The van der Waals surface area contributed by atoms with Gasteiger partial charge in [0.05, 0.1) is 24.5 Å². The minimum Gasteiger partial charge on any atom is -0.496 e. The van der Waals surface area contributed by atoms with Crippen LogP contribution in [0.5, 0.6) is 5.75 Å². The first-order valence-corrected chi connectivity index (χ1v) is 9.74. The number of rotatable bonds is 4. The summed E-state index contributed by atoms with van der Waals surface area (Å²) in [7, 11) is 1.65. The van der Waals surface area contributed by atoms with Crippen molar-refractivity contribution in [2.24, 2.45) is 0 Å². The number of benzene rings is 2. The average molecular weight is 391 g/mol. The van der Waals surface area contributed by atoms with Crippen molar-refractivity contribution in [3.63, 3.8) is 0 Å². The number of aromatic nitrogens is 3. The molecule has 0 saturated carbocycles. The third-order valence-corrected chi connectivity index (χ3v) is 5.35. The van der Waals surface area contributed by atoms with Gasteiger partial charge in [0.2, 0.25) is 0 Å². The lowest BCUT2D eigenvalue weighted by molar-refractivity contribution is 0.0624. The zero-order valence-corrected chi connectivity index (χ0v) is 16.9. The number of amides is 1. The molecule has 0 bridgehead atoms. The maximum absolute atomic E-state index is 13.5. The number of piperazine rings is 1. The molecule has 4 rings (SSSR count). The van der Waals surface area contributed by atoms with Gasteiger partial charge in [0.1, 0.15) is 5.75 Å². The molecule has 150 valence electrons. The monoisotopic (exact) mass is 391 g/mol. The quantitative estimate of drug-likeness (QED) is 0.740. The molecule has 0 spiro atoms. The summed E-state index contributed by atoms with van der Waals surface area (Å²) >= 11 is 0. The van der Waals surface area contributed by atoms with Crippen LogP contribution in [0.3, 0.4) is 0 Å². The highest BCUT2D eigenvalue weighted by atomic mass is 16.5. The molecule has 7 heteroatoms. The predicted octanol–water partition coefficient (Wildman–Crippen LogP) is 2.68. The van der Waals surface area contributed by atoms with Crippen molar-refractivity contribution in [2.75, 3.05) is 26.7 Å². The zero-order chi connectivity index (χ0) is 20.4. The number of aryl methyl sites for hydroxylation is 1. The molecule has 1 aliphatic heterocycles. The van der Waals surface area contributed by atoms with Gasteiger partial charge >= 0.3 is 0 Å². The van der Waals surface area contributed by atoms with Crippen LogP contribution in [0.1, 0.15) is 33.4 Å². The number of carbonyl (C=O) groups is 1. The molecule has 1 amide bonds. The molecule has 1 aromatic heterocycles. The summed E-state index contributed by atoms with van der Waals surface area (Å²) in [6.45, 7) is 5.91. The van der Waals surface area contributed by atoms with Crippen LogP contribution in [-0.4, -0.2) is 52.5 Å². The standard InChI is InChI=1S/C22H25N5O2/c1-15-7-6-8-17(13-15)27-16(2)21(24-25-27)22(28)26-12-11-23-14-19(26)18-9-4-5-10-20(18)29-3/h4-10,13,19,23H,11-12,14H2,1-3H3. The number of nitrogens with zero attached hydrogens (tertiary/aromatic N) is 4. The molecule has 29 heavy (non-hydrogen) atoms. The summed E-state index contributed by atoms with van der Waals surface area (Å²) in [5, 5.41) is 11.9. The average Bonchev–Trinajstić information content (AvgIpc) is 3.14. The van der Waals surface area contributed by atoms with E-state index in [1.807, 2.05) is 67.3 Å². The molecule has 2 aromatic carbocycles. The lowest BCUT2D eigenvalue weighted by atomic mass is 10.0. The van der Waals surface area contributed by atoms with Gasteiger partial charge in [-0.05, 0) is 37.6 Å². The predicted molar refractivity (Wildman–Crippen MR) is 110 cm³/mol. The Morgan fingerprint density at radius 2 is 2.00 bits per heavy atom. The van der Waals surface area contributed by atoms with Crippen LogP contribution in [0.15, 0.2) is 48.5 Å². The SMILES string of the molecule is COc1ccccc1C1CNCCN1C(=O)c1nnn(-c2cccc(C)c2)c1C. The maximum atomic E-state index is 13.5. The highest BCUT2D eigenvalue weighted by molar-refractivity contribution is 5.93. The van der Waals surface area contributed by atoms with E-state index < -0.39 is 0 Å². The van der Waals surface area contributed by atoms with Crippen LogP contribution < -0.4 is 10.1 Å². The number of carbonyl (C=O) groups excluding carboxylic acids is 1. The van der Waals surface area contributed by atoms with E-state index in [-0.39, 0.29) is 11.9 Å². The van der Waals surface area contributed by atoms with Gasteiger partial charge in [-0.25, -0.2) is 4.68 Å². The van der Waals surface area contributed by atoms with Gasteiger partial charge < -0.3 is 15.0 Å². The van der Waals surface area contributed by atoms with Gasteiger partial charge in [0, 0.05) is 25.2 Å². The van der Waals surface area contributed by atoms with Crippen LogP contribution in [-0.2, 0) is 0 Å². The van der Waals surface area contributed by atoms with E-state index in [9.17, 15) is 4.79 Å². The zero-order valence-electron chi connectivity index (χ0n) is 16.9. The molecule has 2 heterocycles. The Labute approximate surface area is 170 Å². The van der Waals surface area contributed by atoms with Crippen LogP contribution in [0.2, 0.25) is 0 Å². The van der Waals surface area contributed by atoms with Gasteiger partial charge in [-0.1, -0.05) is 35.5 Å². The minimum atomic E-state index is -0.129. The molecule has 1 N–H and O–H groups in total. The third kappa shape index (κ3) is 3.61. The van der Waals surface area contributed by atoms with E-state index in [2.05, 4.69) is 15.6 Å². The third-order valence-electron chi connectivity index (χ3n) is 5.35. The number of hydrogen-bond acceptors (Lipinski definition) is 5. The van der Waals surface area contributed by atoms with Crippen molar-refractivity contribution in [3.05, 3.63) is 71.0 Å². The van der Waals surface area contributed by atoms with E-state index in [0.717, 1.165) is 34.8 Å². The first kappa shape index (κ1) is 19.1. The van der Waals surface area contributed by atoms with Crippen LogP contribution in [0.25, 0.3) is 5.69 Å². The van der Waals surface area contributed by atoms with Gasteiger partial charge in [-0.3, -0.25) is 4.79 Å². The molecular formula is C22H25N5O2. The van der Waals surface area contributed by atoms with Crippen molar-refractivity contribution in [1.29, 1.82) is 0 Å². The minimum absolute atomic E-state index is 0.112. The van der Waals surface area contributed by atoms with E-state index in [0.29, 0.717) is 18.8 Å². The van der Waals surface area contributed by atoms with Crippen molar-refractivity contribution < 1.29 is 9.53 Å². The number of para-hydroxylation sites is 1. The molecule has 1 fully saturated rings. The van der Waals surface area contributed by atoms with E-state index >= 15 is 0 Å². The van der Waals surface area contributed by atoms with Crippen LogP contribution in [0, 0.1) is 13.8 Å². The summed E-state index contributed by atoms with van der Waals surface area (Å²) < 4.78 is 7.25. The fraction of sp³-hybridized carbons (Fsp3) is 0.318. The fourth-order valence-corrected chi connectivity index (χ4v) is 3.83. The molecule has 1 atom stereocenters. The first-order chi connectivity index (χ1) is 14.1. The summed E-state index contributed by atoms with van der Waals surface area (Å²) in [5.41, 5.74) is 4.13. The molecule has 1 aliphatic rings. The smallest absolute Gasteiger partial charge is 0.276 e. The summed E-state index contributed by atoms with van der Waals surface area (Å²) in [6, 6.07) is 15.7. The number of nitrogens with one attached hydrogen (secondary N) is 1. The molecule has 1 unspecified atom stereocenters. The largest absolute Gasteiger partial charge is 0.496 e. The first-order valence-electron chi connectivity index (χ1n) is 9.74. The van der Waals surface area contributed by atoms with E-state index in [1.54, 1.807) is 11.8 Å². The topological polar surface area (TPSA) is 72.3 Å². The van der Waals surface area contributed by atoms with Crippen molar-refractivity contribution >= 4 is 5.91 Å². The van der Waals surface area contributed by atoms with Crippen molar-refractivity contribution in [1.82, 2.24) is 25.2 Å². The van der Waals surface area contributed by atoms with Gasteiger partial charge in [0.25, 0.3) is 5.91 Å². The molecule has 0 radical (unpaired) electrons. The highest BCUT2D eigenvalue weighted by Crippen LogP contribution is 2.31. The summed E-state index contributed by atoms with van der Waals surface area (Å²) in [6.07, 6.45) is 0. The molecule has 7 nitrogen and oxygen atoms in total. The Balaban J connectivity index is 1.68. The highest BCUT2D eigenvalue weighted by Gasteiger charge is 2.33. The maximum Gasteiger partial charge on any atom is 0.276 e. The normalized spacial score (nSPS) is 16.7. The Kier molecular flexibility index (Phi) is 5.31. The van der Waals surface area contributed by atoms with Gasteiger partial charge in [0.15, 0.2) is 5.69 Å². The van der Waals surface area contributed by atoms with Gasteiger partial charge in [-0.15, -0.1) is 5.10 Å². The molecule has 1 saturated heterocycles. The lowest BCUT2D eigenvalue weighted by Gasteiger charge is -2.36. The molecule has 0 aliphatic carbocycles. The second-order valence-corrected chi connectivity index (χ2v) is 7.23. The Hall–Kier alpha value is -3.19. The summed E-state index contributed by atoms with van der Waals surface area (Å²) in [5.74, 6) is 0.665. The number of hydrogen-bond donors (Lipinski definition) is 1. The Bertz CT molecular complexity index is 1030. The number of ether oxygens (including phenoxy) is 1. The number of methoxy groups -OCH3 is 1. The van der Waals surface area contributed by atoms with E-state index in [1.165, 1.54) is 0 Å². The fourth-order valence-electron chi connectivity index (χ4n) is 3.83. The van der Waals surface area contributed by atoms with Gasteiger partial charge in [-0.2, -0.15) is 0 Å². The van der Waals surface area contributed by atoms with Crippen molar-refractivity contribution in [2.45, 2.75) is 19.9 Å². The lowest BCUT2D eigenvalue weighted by Crippen LogP contribution is -2.49. The van der Waals surface area contributed by atoms with Crippen LogP contribution >= 0.6 is 0 Å². The molecule has 3 aromatic rings. The molecular weight excluding hydrogens is 366 g/mol. The van der Waals surface area contributed by atoms with Crippen LogP contribution in [0.4, 0.5) is 0 Å². The second kappa shape index (κ2) is 8.05.